The molecule has 1 aromatic rings. The molecule has 1 N–H and O–H groups in total. The average Bonchev–Trinajstić information content (AvgIpc) is 2.70. The van der Waals surface area contributed by atoms with Crippen LogP contribution in [0, 0.1) is 11.8 Å². The smallest absolute Gasteiger partial charge is 0.261 e. The summed E-state index contributed by atoms with van der Waals surface area (Å²) in [4.78, 5) is 3.85. The Hall–Kier alpha value is -0.590. The van der Waals surface area contributed by atoms with Crippen molar-refractivity contribution in [2.24, 2.45) is 18.9 Å². The normalized spacial score (nSPS) is 23.9. The fourth-order valence-electron chi connectivity index (χ4n) is 2.86. The minimum atomic E-state index is -3.60. The first-order valence-corrected chi connectivity index (χ1v) is 8.92. The average molecular weight is 320 g/mol. The Morgan fingerprint density at radius 2 is 2.25 bits per heavy atom. The van der Waals surface area contributed by atoms with Gasteiger partial charge in [-0.1, -0.05) is 37.8 Å². The lowest BCUT2D eigenvalue weighted by atomic mass is 9.81. The van der Waals surface area contributed by atoms with E-state index >= 15 is 0 Å². The largest absolute Gasteiger partial charge is 0.324 e. The third-order valence-electron chi connectivity index (χ3n) is 3.98. The van der Waals surface area contributed by atoms with E-state index in [-0.39, 0.29) is 10.2 Å². The van der Waals surface area contributed by atoms with Crippen LogP contribution in [-0.4, -0.2) is 24.5 Å². The number of halogens is 1. The molecular weight excluding hydrogens is 298 g/mol. The second-order valence-corrected chi connectivity index (χ2v) is 7.82. The molecule has 0 saturated heterocycles. The summed E-state index contributed by atoms with van der Waals surface area (Å²) in [6, 6.07) is 0. The number of imidazole rings is 1. The van der Waals surface area contributed by atoms with E-state index in [0.717, 1.165) is 12.3 Å². The SMILES string of the molecule is CC1CCCC(CCNS(=O)(=O)c2ncn(C)c2Cl)C1. The van der Waals surface area contributed by atoms with Gasteiger partial charge >= 0.3 is 0 Å². The van der Waals surface area contributed by atoms with Crippen molar-refractivity contribution in [3.63, 3.8) is 0 Å². The lowest BCUT2D eigenvalue weighted by Gasteiger charge is -2.26. The molecule has 2 rings (SSSR count). The van der Waals surface area contributed by atoms with Gasteiger partial charge in [-0.25, -0.2) is 18.1 Å². The van der Waals surface area contributed by atoms with Gasteiger partial charge in [0.15, 0.2) is 0 Å². The molecular formula is C13H22ClN3O2S. The molecule has 0 aromatic carbocycles. The molecule has 2 atom stereocenters. The molecule has 2 unspecified atom stereocenters. The van der Waals surface area contributed by atoms with Crippen LogP contribution in [0.25, 0.3) is 0 Å². The fraction of sp³-hybridized carbons (Fsp3) is 0.769. The summed E-state index contributed by atoms with van der Waals surface area (Å²) in [5.74, 6) is 1.39. The second kappa shape index (κ2) is 6.45. The summed E-state index contributed by atoms with van der Waals surface area (Å²) in [7, 11) is -1.93. The van der Waals surface area contributed by atoms with E-state index in [2.05, 4.69) is 16.6 Å². The molecule has 1 fully saturated rings. The Balaban J connectivity index is 1.88. The Bertz CT molecular complexity index is 556. The van der Waals surface area contributed by atoms with Crippen LogP contribution in [0.2, 0.25) is 5.15 Å². The maximum absolute atomic E-state index is 12.1. The van der Waals surface area contributed by atoms with Crippen molar-refractivity contribution in [1.82, 2.24) is 14.3 Å². The lowest BCUT2D eigenvalue weighted by Crippen LogP contribution is -2.27. The van der Waals surface area contributed by atoms with Crippen LogP contribution in [0.15, 0.2) is 11.4 Å². The Labute approximate surface area is 125 Å². The van der Waals surface area contributed by atoms with Gasteiger partial charge in [0.25, 0.3) is 10.0 Å². The van der Waals surface area contributed by atoms with Gasteiger partial charge in [-0.15, -0.1) is 0 Å². The summed E-state index contributed by atoms with van der Waals surface area (Å²) in [5.41, 5.74) is 0. The van der Waals surface area contributed by atoms with E-state index in [0.29, 0.717) is 12.5 Å². The number of aryl methyl sites for hydroxylation is 1. The van der Waals surface area contributed by atoms with Gasteiger partial charge in [-0.05, 0) is 24.7 Å². The number of hydrogen-bond acceptors (Lipinski definition) is 3. The predicted octanol–water partition coefficient (Wildman–Crippen LogP) is 2.57. The molecule has 0 spiro atoms. The maximum Gasteiger partial charge on any atom is 0.261 e. The lowest BCUT2D eigenvalue weighted by molar-refractivity contribution is 0.271. The predicted molar refractivity (Wildman–Crippen MR) is 79.1 cm³/mol. The van der Waals surface area contributed by atoms with E-state index in [4.69, 9.17) is 11.6 Å². The molecule has 0 amide bonds. The van der Waals surface area contributed by atoms with Crippen LogP contribution in [0.3, 0.4) is 0 Å². The number of nitrogens with zero attached hydrogens (tertiary/aromatic N) is 2. The van der Waals surface area contributed by atoms with Gasteiger partial charge in [-0.3, -0.25) is 0 Å². The van der Waals surface area contributed by atoms with Gasteiger partial charge in [0, 0.05) is 13.6 Å². The minimum absolute atomic E-state index is 0.0846. The van der Waals surface area contributed by atoms with Crippen LogP contribution >= 0.6 is 11.6 Å². The van der Waals surface area contributed by atoms with E-state index in [1.54, 1.807) is 7.05 Å². The van der Waals surface area contributed by atoms with Crippen molar-refractivity contribution in [1.29, 1.82) is 0 Å². The Morgan fingerprint density at radius 3 is 2.85 bits per heavy atom. The van der Waals surface area contributed by atoms with Crippen molar-refractivity contribution in [2.75, 3.05) is 6.54 Å². The molecule has 20 heavy (non-hydrogen) atoms. The van der Waals surface area contributed by atoms with Crippen LogP contribution in [0.1, 0.15) is 39.0 Å². The minimum Gasteiger partial charge on any atom is -0.324 e. The van der Waals surface area contributed by atoms with Gasteiger partial charge in [0.2, 0.25) is 5.03 Å². The van der Waals surface area contributed by atoms with E-state index in [1.165, 1.54) is 36.6 Å². The summed E-state index contributed by atoms with van der Waals surface area (Å²) in [5, 5.41) is 0.0578. The van der Waals surface area contributed by atoms with Crippen molar-refractivity contribution >= 4 is 21.6 Å². The molecule has 1 saturated carbocycles. The number of rotatable bonds is 5. The second-order valence-electron chi connectivity index (χ2n) is 5.78. The van der Waals surface area contributed by atoms with E-state index in [9.17, 15) is 8.42 Å². The molecule has 5 nitrogen and oxygen atoms in total. The van der Waals surface area contributed by atoms with Crippen LogP contribution in [-0.2, 0) is 17.1 Å². The highest BCUT2D eigenvalue weighted by Crippen LogP contribution is 2.30. The molecule has 0 aliphatic heterocycles. The van der Waals surface area contributed by atoms with Crippen LogP contribution in [0.4, 0.5) is 0 Å². The van der Waals surface area contributed by atoms with Crippen molar-refractivity contribution in [2.45, 2.75) is 44.1 Å². The van der Waals surface area contributed by atoms with Crippen molar-refractivity contribution in [3.05, 3.63) is 11.5 Å². The standard InChI is InChI=1S/C13H22ClN3O2S/c1-10-4-3-5-11(8-10)6-7-16-20(18,19)13-12(14)17(2)9-15-13/h9-11,16H,3-8H2,1-2H3. The Morgan fingerprint density at radius 1 is 1.50 bits per heavy atom. The van der Waals surface area contributed by atoms with Gasteiger partial charge < -0.3 is 4.57 Å². The molecule has 1 aliphatic rings. The van der Waals surface area contributed by atoms with E-state index < -0.39 is 10.0 Å². The van der Waals surface area contributed by atoms with E-state index in [1.807, 2.05) is 0 Å². The molecule has 114 valence electrons. The number of nitrogens with one attached hydrogen (secondary N) is 1. The molecule has 0 radical (unpaired) electrons. The topological polar surface area (TPSA) is 64.0 Å². The number of sulfonamides is 1. The van der Waals surface area contributed by atoms with Crippen LogP contribution in [0.5, 0.6) is 0 Å². The fourth-order valence-corrected chi connectivity index (χ4v) is 4.33. The molecule has 0 bridgehead atoms. The zero-order valence-electron chi connectivity index (χ0n) is 12.0. The van der Waals surface area contributed by atoms with Crippen molar-refractivity contribution in [3.8, 4) is 0 Å². The summed E-state index contributed by atoms with van der Waals surface area (Å²) < 4.78 is 28.3. The monoisotopic (exact) mass is 319 g/mol. The quantitative estimate of drug-likeness (QED) is 0.907. The third-order valence-corrected chi connectivity index (χ3v) is 5.93. The molecule has 1 aliphatic carbocycles. The highest BCUT2D eigenvalue weighted by atomic mass is 35.5. The zero-order valence-corrected chi connectivity index (χ0v) is 13.5. The number of hydrogen-bond donors (Lipinski definition) is 1. The van der Waals surface area contributed by atoms with Gasteiger partial charge in [0.05, 0.1) is 6.33 Å². The highest BCUT2D eigenvalue weighted by molar-refractivity contribution is 7.89. The maximum atomic E-state index is 12.1. The third kappa shape index (κ3) is 3.74. The highest BCUT2D eigenvalue weighted by Gasteiger charge is 2.23. The number of aromatic nitrogens is 2. The summed E-state index contributed by atoms with van der Waals surface area (Å²) in [6.07, 6.45) is 7.24. The van der Waals surface area contributed by atoms with Crippen LogP contribution < -0.4 is 4.72 Å². The molecule has 7 heteroatoms. The molecule has 1 aromatic heterocycles. The first-order chi connectivity index (χ1) is 9.40. The summed E-state index contributed by atoms with van der Waals surface area (Å²) in [6.45, 7) is 2.72. The van der Waals surface area contributed by atoms with Crippen molar-refractivity contribution < 1.29 is 8.42 Å². The van der Waals surface area contributed by atoms with Gasteiger partial charge in [-0.2, -0.15) is 0 Å². The first kappa shape index (κ1) is 15.8. The van der Waals surface area contributed by atoms with Gasteiger partial charge in [0.1, 0.15) is 5.15 Å². The zero-order chi connectivity index (χ0) is 14.8. The summed E-state index contributed by atoms with van der Waals surface area (Å²) >= 11 is 5.92. The Kier molecular flexibility index (Phi) is 5.09. The first-order valence-electron chi connectivity index (χ1n) is 7.06. The molecule has 1 heterocycles.